The number of benzene rings is 1. The number of halogens is 1. The SMILES string of the molecule is Cc1ccc(S(=O)(=O)N2CCN[C@H](C)C2)c(C)c1.Cl. The van der Waals surface area contributed by atoms with Crippen molar-refractivity contribution in [2.75, 3.05) is 19.6 Å². The Morgan fingerprint density at radius 3 is 2.58 bits per heavy atom. The molecule has 6 heteroatoms. The third-order valence-electron chi connectivity index (χ3n) is 3.28. The zero-order valence-electron chi connectivity index (χ0n) is 11.5. The van der Waals surface area contributed by atoms with Gasteiger partial charge in [0.15, 0.2) is 0 Å². The summed E-state index contributed by atoms with van der Waals surface area (Å²) in [5.41, 5.74) is 1.90. The molecule has 0 saturated carbocycles. The lowest BCUT2D eigenvalue weighted by Crippen LogP contribution is -2.51. The molecule has 0 aromatic heterocycles. The fourth-order valence-electron chi connectivity index (χ4n) is 2.34. The van der Waals surface area contributed by atoms with Crippen molar-refractivity contribution in [2.45, 2.75) is 31.7 Å². The predicted molar refractivity (Wildman–Crippen MR) is 79.4 cm³/mol. The van der Waals surface area contributed by atoms with Crippen molar-refractivity contribution in [3.63, 3.8) is 0 Å². The normalized spacial score (nSPS) is 20.9. The first-order valence-corrected chi connectivity index (χ1v) is 7.66. The van der Waals surface area contributed by atoms with Crippen LogP contribution >= 0.6 is 12.4 Å². The zero-order valence-corrected chi connectivity index (χ0v) is 13.1. The van der Waals surface area contributed by atoms with Crippen molar-refractivity contribution >= 4 is 22.4 Å². The predicted octanol–water partition coefficient (Wildman–Crippen LogP) is 1.71. The van der Waals surface area contributed by atoms with E-state index < -0.39 is 10.0 Å². The number of aryl methyl sites for hydroxylation is 2. The molecule has 19 heavy (non-hydrogen) atoms. The molecule has 1 heterocycles. The van der Waals surface area contributed by atoms with Gasteiger partial charge in [0.1, 0.15) is 0 Å². The lowest BCUT2D eigenvalue weighted by atomic mass is 10.2. The van der Waals surface area contributed by atoms with Crippen LogP contribution in [0.5, 0.6) is 0 Å². The zero-order chi connectivity index (χ0) is 13.3. The minimum absolute atomic E-state index is 0. The Bertz CT molecular complexity index is 546. The maximum atomic E-state index is 12.6. The largest absolute Gasteiger partial charge is 0.312 e. The quantitative estimate of drug-likeness (QED) is 0.905. The van der Waals surface area contributed by atoms with E-state index in [1.54, 1.807) is 10.4 Å². The molecule has 0 amide bonds. The highest BCUT2D eigenvalue weighted by molar-refractivity contribution is 7.89. The summed E-state index contributed by atoms with van der Waals surface area (Å²) in [7, 11) is -3.35. The molecule has 1 atom stereocenters. The van der Waals surface area contributed by atoms with Crippen molar-refractivity contribution in [3.8, 4) is 0 Å². The van der Waals surface area contributed by atoms with Crippen LogP contribution in [0.15, 0.2) is 23.1 Å². The summed E-state index contributed by atoms with van der Waals surface area (Å²) >= 11 is 0. The first kappa shape index (κ1) is 16.4. The number of hydrogen-bond donors (Lipinski definition) is 1. The Kier molecular flexibility index (Phi) is 5.38. The molecule has 0 spiro atoms. The molecule has 2 rings (SSSR count). The van der Waals surface area contributed by atoms with Gasteiger partial charge in [-0.2, -0.15) is 4.31 Å². The molecule has 1 fully saturated rings. The molecular weight excluding hydrogens is 284 g/mol. The molecule has 0 radical (unpaired) electrons. The van der Waals surface area contributed by atoms with Crippen molar-refractivity contribution < 1.29 is 8.42 Å². The topological polar surface area (TPSA) is 49.4 Å². The molecular formula is C13H21ClN2O2S. The molecule has 1 aromatic rings. The van der Waals surface area contributed by atoms with E-state index in [2.05, 4.69) is 5.32 Å². The Labute approximate surface area is 121 Å². The molecule has 1 aromatic carbocycles. The lowest BCUT2D eigenvalue weighted by molar-refractivity contribution is 0.310. The van der Waals surface area contributed by atoms with E-state index in [4.69, 9.17) is 0 Å². The minimum Gasteiger partial charge on any atom is -0.312 e. The second-order valence-electron chi connectivity index (χ2n) is 4.99. The molecule has 108 valence electrons. The van der Waals surface area contributed by atoms with Gasteiger partial charge < -0.3 is 5.32 Å². The van der Waals surface area contributed by atoms with E-state index in [1.165, 1.54) is 0 Å². The number of rotatable bonds is 2. The van der Waals surface area contributed by atoms with Gasteiger partial charge in [0.25, 0.3) is 0 Å². The summed E-state index contributed by atoms with van der Waals surface area (Å²) < 4.78 is 26.7. The van der Waals surface area contributed by atoms with Crippen molar-refractivity contribution in [1.82, 2.24) is 9.62 Å². The van der Waals surface area contributed by atoms with E-state index >= 15 is 0 Å². The van der Waals surface area contributed by atoms with Gasteiger partial charge in [-0.1, -0.05) is 17.7 Å². The average molecular weight is 305 g/mol. The number of piperazine rings is 1. The van der Waals surface area contributed by atoms with Crippen LogP contribution in [0.1, 0.15) is 18.1 Å². The van der Waals surface area contributed by atoms with Gasteiger partial charge in [-0.15, -0.1) is 12.4 Å². The van der Waals surface area contributed by atoms with E-state index in [1.807, 2.05) is 32.9 Å². The van der Waals surface area contributed by atoms with Crippen molar-refractivity contribution in [3.05, 3.63) is 29.3 Å². The molecule has 1 aliphatic rings. The summed E-state index contributed by atoms with van der Waals surface area (Å²) in [6, 6.07) is 5.69. The maximum Gasteiger partial charge on any atom is 0.243 e. The summed E-state index contributed by atoms with van der Waals surface area (Å²) in [6.45, 7) is 7.62. The molecule has 4 nitrogen and oxygen atoms in total. The fraction of sp³-hybridized carbons (Fsp3) is 0.538. The highest BCUT2D eigenvalue weighted by Gasteiger charge is 2.29. The third kappa shape index (κ3) is 3.48. The Morgan fingerprint density at radius 1 is 1.32 bits per heavy atom. The van der Waals surface area contributed by atoms with Gasteiger partial charge >= 0.3 is 0 Å². The monoisotopic (exact) mass is 304 g/mol. The first-order valence-electron chi connectivity index (χ1n) is 6.22. The molecule has 1 N–H and O–H groups in total. The number of nitrogens with one attached hydrogen (secondary N) is 1. The van der Waals surface area contributed by atoms with Crippen LogP contribution in [0.3, 0.4) is 0 Å². The van der Waals surface area contributed by atoms with Crippen LogP contribution in [0.4, 0.5) is 0 Å². The first-order chi connectivity index (χ1) is 8.41. The average Bonchev–Trinajstić information content (AvgIpc) is 2.28. The van der Waals surface area contributed by atoms with E-state index in [0.29, 0.717) is 24.5 Å². The summed E-state index contributed by atoms with van der Waals surface area (Å²) in [5.74, 6) is 0. The van der Waals surface area contributed by atoms with Crippen LogP contribution in [0.25, 0.3) is 0 Å². The second-order valence-corrected chi connectivity index (χ2v) is 6.89. The van der Waals surface area contributed by atoms with Crippen LogP contribution in [0, 0.1) is 13.8 Å². The third-order valence-corrected chi connectivity index (χ3v) is 5.31. The fourth-order valence-corrected chi connectivity index (χ4v) is 4.08. The number of hydrogen-bond acceptors (Lipinski definition) is 3. The van der Waals surface area contributed by atoms with Gasteiger partial charge in [0.2, 0.25) is 10.0 Å². The standard InChI is InChI=1S/C13H20N2O2S.ClH/c1-10-4-5-13(11(2)8-10)18(16,17)15-7-6-14-12(3)9-15;/h4-5,8,12,14H,6-7,9H2,1-3H3;1H/t12-;/m1./s1. The molecule has 0 aliphatic carbocycles. The highest BCUT2D eigenvalue weighted by atomic mass is 35.5. The van der Waals surface area contributed by atoms with Crippen molar-refractivity contribution in [2.24, 2.45) is 0 Å². The Morgan fingerprint density at radius 2 is 2.00 bits per heavy atom. The summed E-state index contributed by atoms with van der Waals surface area (Å²) in [5, 5.41) is 3.25. The van der Waals surface area contributed by atoms with E-state index in [9.17, 15) is 8.42 Å². The Hall–Kier alpha value is -0.620. The number of sulfonamides is 1. The van der Waals surface area contributed by atoms with Crippen molar-refractivity contribution in [1.29, 1.82) is 0 Å². The van der Waals surface area contributed by atoms with Gasteiger partial charge in [0, 0.05) is 25.7 Å². The van der Waals surface area contributed by atoms with E-state index in [-0.39, 0.29) is 18.4 Å². The van der Waals surface area contributed by atoms with Gasteiger partial charge in [0.05, 0.1) is 4.90 Å². The van der Waals surface area contributed by atoms with E-state index in [0.717, 1.165) is 11.1 Å². The second kappa shape index (κ2) is 6.22. The molecule has 1 saturated heterocycles. The van der Waals surface area contributed by atoms with Crippen LogP contribution in [-0.2, 0) is 10.0 Å². The number of nitrogens with zero attached hydrogens (tertiary/aromatic N) is 1. The van der Waals surface area contributed by atoms with Crippen LogP contribution in [0.2, 0.25) is 0 Å². The smallest absolute Gasteiger partial charge is 0.243 e. The molecule has 1 aliphatic heterocycles. The van der Waals surface area contributed by atoms with Gasteiger partial charge in [-0.3, -0.25) is 0 Å². The maximum absolute atomic E-state index is 12.6. The molecule has 0 unspecified atom stereocenters. The highest BCUT2D eigenvalue weighted by Crippen LogP contribution is 2.21. The molecule has 0 bridgehead atoms. The van der Waals surface area contributed by atoms with Crippen LogP contribution in [-0.4, -0.2) is 38.4 Å². The van der Waals surface area contributed by atoms with Gasteiger partial charge in [-0.25, -0.2) is 8.42 Å². The summed E-state index contributed by atoms with van der Waals surface area (Å²) in [4.78, 5) is 0.433. The Balaban J connectivity index is 0.00000180. The lowest BCUT2D eigenvalue weighted by Gasteiger charge is -2.31. The minimum atomic E-state index is -3.35. The van der Waals surface area contributed by atoms with Crippen LogP contribution < -0.4 is 5.32 Å². The summed E-state index contributed by atoms with van der Waals surface area (Å²) in [6.07, 6.45) is 0. The van der Waals surface area contributed by atoms with Gasteiger partial charge in [-0.05, 0) is 32.4 Å².